The maximum atomic E-state index is 11.0. The largest absolute Gasteiger partial charge is 0.369 e. The fourth-order valence-corrected chi connectivity index (χ4v) is 1.18. The highest BCUT2D eigenvalue weighted by molar-refractivity contribution is 5.76. The number of carbonyl (C=O) groups is 2. The molecule has 0 aromatic rings. The summed E-state index contributed by atoms with van der Waals surface area (Å²) >= 11 is 0. The van der Waals surface area contributed by atoms with Crippen LogP contribution in [0.3, 0.4) is 0 Å². The van der Waals surface area contributed by atoms with Gasteiger partial charge < -0.3 is 16.0 Å². The van der Waals surface area contributed by atoms with Crippen molar-refractivity contribution in [3.05, 3.63) is 0 Å². The van der Waals surface area contributed by atoms with Crippen molar-refractivity contribution in [2.75, 3.05) is 26.7 Å². The molecule has 0 aliphatic carbocycles. The molecular weight excluding hydrogens is 206 g/mol. The Kier molecular flexibility index (Phi) is 7.54. The number of hydrogen-bond acceptors (Lipinski definition) is 3. The van der Waals surface area contributed by atoms with Gasteiger partial charge in [-0.1, -0.05) is 13.8 Å². The van der Waals surface area contributed by atoms with Crippen molar-refractivity contribution in [1.29, 1.82) is 0 Å². The van der Waals surface area contributed by atoms with Gasteiger partial charge in [0.1, 0.15) is 0 Å². The van der Waals surface area contributed by atoms with Gasteiger partial charge in [0.05, 0.1) is 0 Å². The van der Waals surface area contributed by atoms with Gasteiger partial charge in [-0.2, -0.15) is 0 Å². The van der Waals surface area contributed by atoms with E-state index in [9.17, 15) is 9.59 Å². The minimum atomic E-state index is -0.257. The topological polar surface area (TPSA) is 75.4 Å². The first-order chi connectivity index (χ1) is 7.47. The second-order valence-electron chi connectivity index (χ2n) is 4.10. The maximum Gasteiger partial charge on any atom is 0.220 e. The third-order valence-corrected chi connectivity index (χ3v) is 2.57. The maximum absolute atomic E-state index is 11.0. The average molecular weight is 229 g/mol. The molecule has 0 radical (unpaired) electrons. The van der Waals surface area contributed by atoms with Crippen LogP contribution < -0.4 is 11.1 Å². The van der Waals surface area contributed by atoms with Gasteiger partial charge in [-0.25, -0.2) is 0 Å². The summed E-state index contributed by atoms with van der Waals surface area (Å²) in [6.07, 6.45) is 1.27. The lowest BCUT2D eigenvalue weighted by molar-refractivity contribution is -0.121. The molecule has 0 bridgehead atoms. The SMILES string of the molecule is CCC(=O)NCCN(C)CCC(C)C(N)=O. The fourth-order valence-electron chi connectivity index (χ4n) is 1.18. The molecule has 0 aromatic carbocycles. The molecule has 0 heterocycles. The summed E-state index contributed by atoms with van der Waals surface area (Å²) in [7, 11) is 1.96. The van der Waals surface area contributed by atoms with Crippen LogP contribution in [0.25, 0.3) is 0 Å². The second kappa shape index (κ2) is 8.10. The highest BCUT2D eigenvalue weighted by Gasteiger charge is 2.09. The van der Waals surface area contributed by atoms with Crippen molar-refractivity contribution >= 4 is 11.8 Å². The van der Waals surface area contributed by atoms with Crippen LogP contribution in [0.5, 0.6) is 0 Å². The number of likely N-dealkylation sites (N-methyl/N-ethyl adjacent to an activating group) is 1. The number of nitrogens with one attached hydrogen (secondary N) is 1. The van der Waals surface area contributed by atoms with E-state index in [0.717, 1.165) is 19.5 Å². The van der Waals surface area contributed by atoms with Crippen LogP contribution in [-0.2, 0) is 9.59 Å². The summed E-state index contributed by atoms with van der Waals surface area (Å²) in [5.41, 5.74) is 5.17. The number of nitrogens with two attached hydrogens (primary N) is 1. The molecule has 0 fully saturated rings. The molecule has 16 heavy (non-hydrogen) atoms. The monoisotopic (exact) mass is 229 g/mol. The van der Waals surface area contributed by atoms with Crippen molar-refractivity contribution in [3.63, 3.8) is 0 Å². The lowest BCUT2D eigenvalue weighted by atomic mass is 10.1. The first-order valence-corrected chi connectivity index (χ1v) is 5.72. The molecule has 0 saturated heterocycles. The van der Waals surface area contributed by atoms with Gasteiger partial charge in [0, 0.05) is 25.4 Å². The predicted molar refractivity (Wildman–Crippen MR) is 63.8 cm³/mol. The highest BCUT2D eigenvalue weighted by Crippen LogP contribution is 2.01. The van der Waals surface area contributed by atoms with Crippen molar-refractivity contribution < 1.29 is 9.59 Å². The molecule has 5 nitrogen and oxygen atoms in total. The molecule has 5 heteroatoms. The molecule has 0 aromatic heterocycles. The van der Waals surface area contributed by atoms with Crippen molar-refractivity contribution in [2.24, 2.45) is 11.7 Å². The smallest absolute Gasteiger partial charge is 0.220 e. The Morgan fingerprint density at radius 3 is 2.50 bits per heavy atom. The number of rotatable bonds is 8. The van der Waals surface area contributed by atoms with Crippen LogP contribution in [0.1, 0.15) is 26.7 Å². The van der Waals surface area contributed by atoms with E-state index in [-0.39, 0.29) is 17.7 Å². The fraction of sp³-hybridized carbons (Fsp3) is 0.818. The zero-order valence-corrected chi connectivity index (χ0v) is 10.5. The van der Waals surface area contributed by atoms with E-state index in [4.69, 9.17) is 5.73 Å². The van der Waals surface area contributed by atoms with E-state index >= 15 is 0 Å². The number of primary amides is 1. The summed E-state index contributed by atoms with van der Waals surface area (Å²) in [5.74, 6) is -0.278. The lowest BCUT2D eigenvalue weighted by Gasteiger charge is -2.18. The van der Waals surface area contributed by atoms with Gasteiger partial charge >= 0.3 is 0 Å². The van der Waals surface area contributed by atoms with Gasteiger partial charge in [-0.3, -0.25) is 9.59 Å². The average Bonchev–Trinajstić information content (AvgIpc) is 2.25. The second-order valence-corrected chi connectivity index (χ2v) is 4.10. The molecule has 0 aliphatic heterocycles. The molecule has 1 unspecified atom stereocenters. The summed E-state index contributed by atoms with van der Waals surface area (Å²) in [5, 5.41) is 2.80. The van der Waals surface area contributed by atoms with Crippen LogP contribution in [0.15, 0.2) is 0 Å². The number of amides is 2. The normalized spacial score (nSPS) is 12.5. The lowest BCUT2D eigenvalue weighted by Crippen LogP contribution is -2.34. The molecule has 2 amide bonds. The van der Waals surface area contributed by atoms with Gasteiger partial charge in [0.2, 0.25) is 11.8 Å². The van der Waals surface area contributed by atoms with E-state index < -0.39 is 0 Å². The van der Waals surface area contributed by atoms with E-state index in [1.165, 1.54) is 0 Å². The molecular formula is C11H23N3O2. The van der Waals surface area contributed by atoms with E-state index in [0.29, 0.717) is 13.0 Å². The molecule has 0 aliphatic rings. The van der Waals surface area contributed by atoms with Crippen LogP contribution in [-0.4, -0.2) is 43.4 Å². The molecule has 0 saturated carbocycles. The standard InChI is InChI=1S/C11H23N3O2/c1-4-10(15)13-6-8-14(3)7-5-9(2)11(12)16/h9H,4-8H2,1-3H3,(H2,12,16)(H,13,15). The summed E-state index contributed by atoms with van der Waals surface area (Å²) in [6.45, 7) is 5.90. The number of hydrogen-bond donors (Lipinski definition) is 2. The Hall–Kier alpha value is -1.10. The molecule has 1 atom stereocenters. The summed E-state index contributed by atoms with van der Waals surface area (Å²) in [6, 6.07) is 0. The Labute approximate surface area is 97.4 Å². The van der Waals surface area contributed by atoms with Gasteiger partial charge in [0.25, 0.3) is 0 Å². The molecule has 94 valence electrons. The molecule has 0 spiro atoms. The van der Waals surface area contributed by atoms with Crippen LogP contribution in [0, 0.1) is 5.92 Å². The van der Waals surface area contributed by atoms with Crippen LogP contribution >= 0.6 is 0 Å². The van der Waals surface area contributed by atoms with Gasteiger partial charge in [-0.05, 0) is 20.0 Å². The summed E-state index contributed by atoms with van der Waals surface area (Å²) < 4.78 is 0. The minimum absolute atomic E-state index is 0.0684. The predicted octanol–water partition coefficient (Wildman–Crippen LogP) is -0.0441. The number of nitrogens with zero attached hydrogens (tertiary/aromatic N) is 1. The Morgan fingerprint density at radius 2 is 2.00 bits per heavy atom. The van der Waals surface area contributed by atoms with Crippen molar-refractivity contribution in [1.82, 2.24) is 10.2 Å². The Balaban J connectivity index is 3.55. The van der Waals surface area contributed by atoms with Gasteiger partial charge in [0.15, 0.2) is 0 Å². The Bertz CT molecular complexity index is 231. The minimum Gasteiger partial charge on any atom is -0.369 e. The quantitative estimate of drug-likeness (QED) is 0.613. The zero-order valence-electron chi connectivity index (χ0n) is 10.5. The van der Waals surface area contributed by atoms with Crippen molar-refractivity contribution in [2.45, 2.75) is 26.7 Å². The van der Waals surface area contributed by atoms with E-state index in [1.54, 1.807) is 0 Å². The van der Waals surface area contributed by atoms with Crippen LogP contribution in [0.2, 0.25) is 0 Å². The first kappa shape index (κ1) is 14.9. The zero-order chi connectivity index (χ0) is 12.6. The first-order valence-electron chi connectivity index (χ1n) is 5.72. The molecule has 0 rings (SSSR count). The third-order valence-electron chi connectivity index (χ3n) is 2.57. The third kappa shape index (κ3) is 7.23. The van der Waals surface area contributed by atoms with Crippen molar-refractivity contribution in [3.8, 4) is 0 Å². The highest BCUT2D eigenvalue weighted by atomic mass is 16.1. The van der Waals surface area contributed by atoms with E-state index in [1.807, 2.05) is 20.9 Å². The van der Waals surface area contributed by atoms with Crippen LogP contribution in [0.4, 0.5) is 0 Å². The van der Waals surface area contributed by atoms with E-state index in [2.05, 4.69) is 10.2 Å². The number of carbonyl (C=O) groups excluding carboxylic acids is 2. The summed E-state index contributed by atoms with van der Waals surface area (Å²) in [4.78, 5) is 23.8. The molecule has 3 N–H and O–H groups in total. The Morgan fingerprint density at radius 1 is 1.38 bits per heavy atom. The van der Waals surface area contributed by atoms with Gasteiger partial charge in [-0.15, -0.1) is 0 Å².